The SMILES string of the molecule is COCCNCC1CCCN(c2nc[nH]c(=O)c2Br)C1. The lowest BCUT2D eigenvalue weighted by Gasteiger charge is -2.34. The standard InChI is InChI=1S/C13H21BrN4O2/c1-20-6-4-15-7-10-3-2-5-18(8-10)12-11(14)13(19)17-9-16-12/h9-10,15H,2-8H2,1H3,(H,16,17,19). The third kappa shape index (κ3) is 4.04. The molecular formula is C13H21BrN4O2. The Labute approximate surface area is 127 Å². The van der Waals surface area contributed by atoms with Gasteiger partial charge in [0, 0.05) is 26.7 Å². The Morgan fingerprint density at radius 2 is 2.50 bits per heavy atom. The molecule has 2 heterocycles. The van der Waals surface area contributed by atoms with E-state index in [1.165, 1.54) is 12.7 Å². The highest BCUT2D eigenvalue weighted by Gasteiger charge is 2.22. The van der Waals surface area contributed by atoms with Crippen molar-refractivity contribution in [3.63, 3.8) is 0 Å². The van der Waals surface area contributed by atoms with Crippen LogP contribution in [0.5, 0.6) is 0 Å². The second kappa shape index (κ2) is 7.75. The third-order valence-corrected chi connectivity index (χ3v) is 4.23. The highest BCUT2D eigenvalue weighted by Crippen LogP contribution is 2.25. The molecule has 1 unspecified atom stereocenters. The quantitative estimate of drug-likeness (QED) is 0.753. The molecule has 1 saturated heterocycles. The first-order chi connectivity index (χ1) is 9.72. The fourth-order valence-corrected chi connectivity index (χ4v) is 2.97. The molecule has 1 aromatic rings. The molecule has 7 heteroatoms. The van der Waals surface area contributed by atoms with Gasteiger partial charge in [-0.25, -0.2) is 4.98 Å². The summed E-state index contributed by atoms with van der Waals surface area (Å²) in [6.07, 6.45) is 3.79. The Kier molecular flexibility index (Phi) is 6.00. The number of methoxy groups -OCH3 is 1. The predicted molar refractivity (Wildman–Crippen MR) is 82.2 cm³/mol. The van der Waals surface area contributed by atoms with Gasteiger partial charge in [0.2, 0.25) is 0 Å². The Morgan fingerprint density at radius 3 is 3.30 bits per heavy atom. The van der Waals surface area contributed by atoms with Crippen LogP contribution >= 0.6 is 15.9 Å². The molecule has 0 radical (unpaired) electrons. The summed E-state index contributed by atoms with van der Waals surface area (Å²) in [7, 11) is 1.71. The number of rotatable bonds is 6. The summed E-state index contributed by atoms with van der Waals surface area (Å²) in [4.78, 5) is 20.7. The van der Waals surface area contributed by atoms with Crippen molar-refractivity contribution in [3.05, 3.63) is 21.2 Å². The Bertz CT molecular complexity index is 480. The molecule has 0 amide bonds. The van der Waals surface area contributed by atoms with Crippen molar-refractivity contribution in [1.29, 1.82) is 0 Å². The number of hydrogen-bond acceptors (Lipinski definition) is 5. The van der Waals surface area contributed by atoms with Gasteiger partial charge in [-0.3, -0.25) is 4.79 Å². The van der Waals surface area contributed by atoms with Crippen molar-refractivity contribution in [2.75, 3.05) is 44.8 Å². The fraction of sp³-hybridized carbons (Fsp3) is 0.692. The largest absolute Gasteiger partial charge is 0.383 e. The monoisotopic (exact) mass is 344 g/mol. The van der Waals surface area contributed by atoms with Crippen LogP contribution in [0, 0.1) is 5.92 Å². The topological polar surface area (TPSA) is 70.2 Å². The molecule has 6 nitrogen and oxygen atoms in total. The number of nitrogens with one attached hydrogen (secondary N) is 2. The first-order valence-electron chi connectivity index (χ1n) is 6.90. The number of halogens is 1. The molecule has 1 aliphatic heterocycles. The number of H-pyrrole nitrogens is 1. The molecule has 2 N–H and O–H groups in total. The van der Waals surface area contributed by atoms with Crippen LogP contribution in [0.1, 0.15) is 12.8 Å². The van der Waals surface area contributed by atoms with Gasteiger partial charge in [0.15, 0.2) is 0 Å². The normalized spacial score (nSPS) is 19.3. The highest BCUT2D eigenvalue weighted by atomic mass is 79.9. The summed E-state index contributed by atoms with van der Waals surface area (Å²) >= 11 is 3.33. The van der Waals surface area contributed by atoms with Crippen LogP contribution in [0.3, 0.4) is 0 Å². The van der Waals surface area contributed by atoms with E-state index in [4.69, 9.17) is 4.74 Å². The number of ether oxygens (including phenoxy) is 1. The van der Waals surface area contributed by atoms with Crippen LogP contribution in [-0.4, -0.2) is 49.9 Å². The minimum atomic E-state index is -0.129. The van der Waals surface area contributed by atoms with Crippen molar-refractivity contribution in [3.8, 4) is 0 Å². The molecule has 0 spiro atoms. The summed E-state index contributed by atoms with van der Waals surface area (Å²) in [5.74, 6) is 1.32. The highest BCUT2D eigenvalue weighted by molar-refractivity contribution is 9.10. The van der Waals surface area contributed by atoms with Gasteiger partial charge in [-0.15, -0.1) is 0 Å². The maximum atomic E-state index is 11.6. The molecule has 1 atom stereocenters. The maximum absolute atomic E-state index is 11.6. The first-order valence-corrected chi connectivity index (χ1v) is 7.69. The van der Waals surface area contributed by atoms with Crippen LogP contribution < -0.4 is 15.8 Å². The molecule has 0 aromatic carbocycles. The zero-order valence-corrected chi connectivity index (χ0v) is 13.3. The lowest BCUT2D eigenvalue weighted by Crippen LogP contribution is -2.41. The molecule has 1 fully saturated rings. The summed E-state index contributed by atoms with van der Waals surface area (Å²) in [6.45, 7) is 4.46. The van der Waals surface area contributed by atoms with Gasteiger partial charge in [0.1, 0.15) is 10.3 Å². The zero-order chi connectivity index (χ0) is 14.4. The van der Waals surface area contributed by atoms with E-state index in [9.17, 15) is 4.79 Å². The average molecular weight is 345 g/mol. The van der Waals surface area contributed by atoms with E-state index in [1.54, 1.807) is 7.11 Å². The van der Waals surface area contributed by atoms with Crippen molar-refractivity contribution in [1.82, 2.24) is 15.3 Å². The van der Waals surface area contributed by atoms with E-state index in [1.807, 2.05) is 0 Å². The average Bonchev–Trinajstić information content (AvgIpc) is 2.47. The summed E-state index contributed by atoms with van der Waals surface area (Å²) in [5.41, 5.74) is -0.129. The second-order valence-corrected chi connectivity index (χ2v) is 5.81. The molecule has 1 aromatic heterocycles. The van der Waals surface area contributed by atoms with Crippen molar-refractivity contribution >= 4 is 21.7 Å². The van der Waals surface area contributed by atoms with Crippen molar-refractivity contribution in [2.24, 2.45) is 5.92 Å². The minimum Gasteiger partial charge on any atom is -0.383 e. The third-order valence-electron chi connectivity index (χ3n) is 3.51. The van der Waals surface area contributed by atoms with E-state index >= 15 is 0 Å². The van der Waals surface area contributed by atoms with Crippen LogP contribution in [-0.2, 0) is 4.74 Å². The van der Waals surface area contributed by atoms with Gasteiger partial charge < -0.3 is 19.9 Å². The van der Waals surface area contributed by atoms with Crippen molar-refractivity contribution in [2.45, 2.75) is 12.8 Å². The van der Waals surface area contributed by atoms with E-state index in [2.05, 4.69) is 36.1 Å². The molecule has 1 aliphatic rings. The second-order valence-electron chi connectivity index (χ2n) is 5.02. The van der Waals surface area contributed by atoms with Gasteiger partial charge in [-0.05, 0) is 41.2 Å². The number of nitrogens with zero attached hydrogens (tertiary/aromatic N) is 2. The maximum Gasteiger partial charge on any atom is 0.267 e. The van der Waals surface area contributed by atoms with Gasteiger partial charge in [0.25, 0.3) is 5.56 Å². The fourth-order valence-electron chi connectivity index (χ4n) is 2.50. The molecular weight excluding hydrogens is 324 g/mol. The minimum absolute atomic E-state index is 0.129. The molecule has 2 rings (SSSR count). The van der Waals surface area contributed by atoms with Crippen molar-refractivity contribution < 1.29 is 4.74 Å². The van der Waals surface area contributed by atoms with Gasteiger partial charge >= 0.3 is 0 Å². The van der Waals surface area contributed by atoms with Gasteiger partial charge in [0.05, 0.1) is 12.9 Å². The van der Waals surface area contributed by atoms with E-state index in [0.29, 0.717) is 10.4 Å². The first kappa shape index (κ1) is 15.5. The van der Waals surface area contributed by atoms with Crippen LogP contribution in [0.4, 0.5) is 5.82 Å². The lowest BCUT2D eigenvalue weighted by atomic mass is 9.98. The number of aromatic amines is 1. The van der Waals surface area contributed by atoms with Crippen LogP contribution in [0.25, 0.3) is 0 Å². The van der Waals surface area contributed by atoms with Gasteiger partial charge in [-0.1, -0.05) is 0 Å². The predicted octanol–water partition coefficient (Wildman–Crippen LogP) is 0.985. The summed E-state index contributed by atoms with van der Waals surface area (Å²) in [6, 6.07) is 0. The number of hydrogen-bond donors (Lipinski definition) is 2. The van der Waals surface area contributed by atoms with E-state index in [-0.39, 0.29) is 5.56 Å². The number of aromatic nitrogens is 2. The van der Waals surface area contributed by atoms with E-state index < -0.39 is 0 Å². The Morgan fingerprint density at radius 1 is 1.65 bits per heavy atom. The van der Waals surface area contributed by atoms with E-state index in [0.717, 1.165) is 45.0 Å². The molecule has 20 heavy (non-hydrogen) atoms. The number of piperidine rings is 1. The smallest absolute Gasteiger partial charge is 0.267 e. The molecule has 0 bridgehead atoms. The molecule has 0 saturated carbocycles. The number of anilines is 1. The van der Waals surface area contributed by atoms with Crippen LogP contribution in [0.15, 0.2) is 15.6 Å². The molecule has 0 aliphatic carbocycles. The molecule has 112 valence electrons. The van der Waals surface area contributed by atoms with Crippen LogP contribution in [0.2, 0.25) is 0 Å². The van der Waals surface area contributed by atoms with Gasteiger partial charge in [-0.2, -0.15) is 0 Å². The summed E-state index contributed by atoms with van der Waals surface area (Å²) in [5, 5.41) is 3.40. The Hall–Kier alpha value is -0.920. The zero-order valence-electron chi connectivity index (χ0n) is 11.7. The summed E-state index contributed by atoms with van der Waals surface area (Å²) < 4.78 is 5.54. The Balaban J connectivity index is 1.93. The lowest BCUT2D eigenvalue weighted by molar-refractivity contribution is 0.197.